The van der Waals surface area contributed by atoms with Crippen molar-refractivity contribution in [3.05, 3.63) is 0 Å². The minimum atomic E-state index is 0.330. The number of thioether (sulfide) groups is 1. The highest BCUT2D eigenvalue weighted by Crippen LogP contribution is 2.15. The van der Waals surface area contributed by atoms with Gasteiger partial charge in [-0.1, -0.05) is 6.92 Å². The number of hydrogen-bond donors (Lipinski definition) is 2. The van der Waals surface area contributed by atoms with Crippen LogP contribution in [0.15, 0.2) is 0 Å². The number of nitrogens with one attached hydrogen (secondary N) is 2. The highest BCUT2D eigenvalue weighted by Gasteiger charge is 2.12. The molecule has 21 heavy (non-hydrogen) atoms. The maximum atomic E-state index is 4.55. The molecule has 0 bridgehead atoms. The first kappa shape index (κ1) is 17.8. The van der Waals surface area contributed by atoms with E-state index in [1.807, 2.05) is 18.7 Å². The second-order valence-electron chi connectivity index (χ2n) is 4.69. The monoisotopic (exact) mass is 312 g/mol. The van der Waals surface area contributed by atoms with Crippen LogP contribution in [0.4, 0.5) is 17.8 Å². The zero-order valence-electron chi connectivity index (χ0n) is 13.8. The molecule has 0 aliphatic carbocycles. The number of nitrogens with zero attached hydrogens (tertiary/aromatic N) is 4. The average molecular weight is 312 g/mol. The summed E-state index contributed by atoms with van der Waals surface area (Å²) < 4.78 is 0. The van der Waals surface area contributed by atoms with E-state index in [0.29, 0.717) is 17.9 Å². The van der Waals surface area contributed by atoms with Crippen LogP contribution in [0, 0.1) is 0 Å². The molecular weight excluding hydrogens is 284 g/mol. The molecule has 2 N–H and O–H groups in total. The van der Waals surface area contributed by atoms with Gasteiger partial charge in [0.2, 0.25) is 17.8 Å². The summed E-state index contributed by atoms with van der Waals surface area (Å²) in [6, 6.07) is 0.330. The maximum absolute atomic E-state index is 4.55. The predicted octanol–water partition coefficient (Wildman–Crippen LogP) is 2.70. The van der Waals surface area contributed by atoms with Gasteiger partial charge in [-0.15, -0.1) is 0 Å². The highest BCUT2D eigenvalue weighted by molar-refractivity contribution is 7.99. The third-order valence-corrected chi connectivity index (χ3v) is 4.10. The fourth-order valence-corrected chi connectivity index (χ4v) is 2.54. The third-order valence-electron chi connectivity index (χ3n) is 2.95. The van der Waals surface area contributed by atoms with E-state index in [1.54, 1.807) is 0 Å². The van der Waals surface area contributed by atoms with Gasteiger partial charge in [-0.25, -0.2) is 0 Å². The molecule has 0 aliphatic rings. The van der Waals surface area contributed by atoms with E-state index in [4.69, 9.17) is 0 Å². The molecule has 0 amide bonds. The van der Waals surface area contributed by atoms with Gasteiger partial charge in [-0.2, -0.15) is 26.7 Å². The number of rotatable bonds is 10. The third kappa shape index (κ3) is 5.95. The van der Waals surface area contributed by atoms with Crippen molar-refractivity contribution in [1.29, 1.82) is 0 Å². The van der Waals surface area contributed by atoms with E-state index < -0.39 is 0 Å². The molecular formula is C14H28N6S. The summed E-state index contributed by atoms with van der Waals surface area (Å²) in [7, 11) is 0. The summed E-state index contributed by atoms with van der Waals surface area (Å²) >= 11 is 1.91. The van der Waals surface area contributed by atoms with Crippen LogP contribution in [-0.2, 0) is 0 Å². The molecule has 0 spiro atoms. The molecule has 0 aromatic carbocycles. The van der Waals surface area contributed by atoms with Crippen LogP contribution < -0.4 is 15.5 Å². The van der Waals surface area contributed by atoms with Gasteiger partial charge in [0.25, 0.3) is 0 Å². The van der Waals surface area contributed by atoms with Crippen LogP contribution in [0.3, 0.4) is 0 Å². The van der Waals surface area contributed by atoms with Gasteiger partial charge < -0.3 is 15.5 Å². The van der Waals surface area contributed by atoms with Crippen molar-refractivity contribution in [2.24, 2.45) is 0 Å². The lowest BCUT2D eigenvalue weighted by molar-refractivity contribution is 0.804. The average Bonchev–Trinajstić information content (AvgIpc) is 2.46. The largest absolute Gasteiger partial charge is 0.354 e. The van der Waals surface area contributed by atoms with Gasteiger partial charge in [0.05, 0.1) is 0 Å². The summed E-state index contributed by atoms with van der Waals surface area (Å²) in [5.74, 6) is 4.17. The standard InChI is InChI=1S/C14H28N6S/c1-6-15-12-17-13(16-11(5)10-21-9-4)19-14(18-12)20(7-2)8-3/h11H,6-10H2,1-5H3,(H2,15,16,17,18,19). The molecule has 0 radical (unpaired) electrons. The van der Waals surface area contributed by atoms with E-state index in [0.717, 1.165) is 37.1 Å². The van der Waals surface area contributed by atoms with Crippen molar-refractivity contribution in [3.63, 3.8) is 0 Å². The predicted molar refractivity (Wildman–Crippen MR) is 93.6 cm³/mol. The highest BCUT2D eigenvalue weighted by atomic mass is 32.2. The Morgan fingerprint density at radius 1 is 1.05 bits per heavy atom. The molecule has 1 aromatic heterocycles. The zero-order valence-corrected chi connectivity index (χ0v) is 14.6. The molecule has 0 aliphatic heterocycles. The molecule has 1 rings (SSSR count). The summed E-state index contributed by atoms with van der Waals surface area (Å²) in [6.45, 7) is 13.1. The zero-order chi connectivity index (χ0) is 15.7. The van der Waals surface area contributed by atoms with Gasteiger partial charge in [0.15, 0.2) is 0 Å². The lowest BCUT2D eigenvalue weighted by atomic mass is 10.4. The Balaban J connectivity index is 2.90. The van der Waals surface area contributed by atoms with E-state index in [2.05, 4.69) is 58.2 Å². The van der Waals surface area contributed by atoms with Gasteiger partial charge in [0, 0.05) is 31.4 Å². The Kier molecular flexibility index (Phi) is 8.19. The first-order chi connectivity index (χ1) is 10.1. The van der Waals surface area contributed by atoms with Crippen molar-refractivity contribution < 1.29 is 0 Å². The molecule has 1 unspecified atom stereocenters. The quantitative estimate of drug-likeness (QED) is 0.688. The lowest BCUT2D eigenvalue weighted by Gasteiger charge is -2.20. The van der Waals surface area contributed by atoms with E-state index >= 15 is 0 Å². The molecule has 0 saturated heterocycles. The molecule has 1 atom stereocenters. The van der Waals surface area contributed by atoms with Crippen molar-refractivity contribution in [3.8, 4) is 0 Å². The Morgan fingerprint density at radius 3 is 2.29 bits per heavy atom. The van der Waals surface area contributed by atoms with Gasteiger partial charge >= 0.3 is 0 Å². The van der Waals surface area contributed by atoms with E-state index in [1.165, 1.54) is 0 Å². The Bertz CT molecular complexity index is 410. The number of hydrogen-bond acceptors (Lipinski definition) is 7. The van der Waals surface area contributed by atoms with Crippen molar-refractivity contribution in [2.75, 3.05) is 46.7 Å². The minimum absolute atomic E-state index is 0.330. The minimum Gasteiger partial charge on any atom is -0.354 e. The molecule has 6 nitrogen and oxygen atoms in total. The van der Waals surface area contributed by atoms with Crippen LogP contribution in [0.25, 0.3) is 0 Å². The van der Waals surface area contributed by atoms with Crippen molar-refractivity contribution in [1.82, 2.24) is 15.0 Å². The van der Waals surface area contributed by atoms with Crippen LogP contribution in [0.2, 0.25) is 0 Å². The van der Waals surface area contributed by atoms with Gasteiger partial charge in [-0.05, 0) is 33.4 Å². The van der Waals surface area contributed by atoms with Crippen LogP contribution in [0.5, 0.6) is 0 Å². The molecule has 0 saturated carbocycles. The Morgan fingerprint density at radius 2 is 1.71 bits per heavy atom. The Labute approximate surface area is 132 Å². The smallest absolute Gasteiger partial charge is 0.231 e. The van der Waals surface area contributed by atoms with Crippen molar-refractivity contribution >= 4 is 29.6 Å². The number of aromatic nitrogens is 3. The molecule has 0 fully saturated rings. The van der Waals surface area contributed by atoms with Crippen molar-refractivity contribution in [2.45, 2.75) is 40.7 Å². The molecule has 7 heteroatoms. The first-order valence-electron chi connectivity index (χ1n) is 7.73. The summed E-state index contributed by atoms with van der Waals surface area (Å²) in [5, 5.41) is 6.54. The first-order valence-corrected chi connectivity index (χ1v) is 8.89. The summed E-state index contributed by atoms with van der Waals surface area (Å²) in [5.41, 5.74) is 0. The Hall–Kier alpha value is -1.24. The van der Waals surface area contributed by atoms with Gasteiger partial charge in [0.1, 0.15) is 0 Å². The topological polar surface area (TPSA) is 66.0 Å². The van der Waals surface area contributed by atoms with Crippen LogP contribution >= 0.6 is 11.8 Å². The molecule has 1 heterocycles. The summed E-state index contributed by atoms with van der Waals surface area (Å²) in [4.78, 5) is 15.6. The SMILES string of the molecule is CCNc1nc(NC(C)CSCC)nc(N(CC)CC)n1. The van der Waals surface area contributed by atoms with Gasteiger partial charge in [-0.3, -0.25) is 0 Å². The fraction of sp³-hybridized carbons (Fsp3) is 0.786. The van der Waals surface area contributed by atoms with E-state index in [9.17, 15) is 0 Å². The van der Waals surface area contributed by atoms with Crippen LogP contribution in [0.1, 0.15) is 34.6 Å². The van der Waals surface area contributed by atoms with E-state index in [-0.39, 0.29) is 0 Å². The van der Waals surface area contributed by atoms with Crippen LogP contribution in [-0.4, -0.2) is 52.1 Å². The maximum Gasteiger partial charge on any atom is 0.231 e. The molecule has 1 aromatic rings. The summed E-state index contributed by atoms with van der Waals surface area (Å²) in [6.07, 6.45) is 0. The second kappa shape index (κ2) is 9.65. The lowest BCUT2D eigenvalue weighted by Crippen LogP contribution is -2.27. The second-order valence-corrected chi connectivity index (χ2v) is 6.01. The molecule has 120 valence electrons. The number of anilines is 3. The normalized spacial score (nSPS) is 12.0. The fourth-order valence-electron chi connectivity index (χ4n) is 1.87.